The molecule has 2 aromatic carbocycles. The molecule has 2 heterocycles. The molecule has 52 heavy (non-hydrogen) atoms. The number of ether oxygens (including phenoxy) is 2. The van der Waals surface area contributed by atoms with Crippen molar-refractivity contribution in [3.63, 3.8) is 0 Å². The Morgan fingerprint density at radius 2 is 1.15 bits per heavy atom. The predicted octanol–water partition coefficient (Wildman–Crippen LogP) is 4.49. The topological polar surface area (TPSA) is 156 Å². The zero-order valence-electron chi connectivity index (χ0n) is 31.6. The van der Waals surface area contributed by atoms with Crippen molar-refractivity contribution in [1.29, 1.82) is 0 Å². The van der Waals surface area contributed by atoms with Gasteiger partial charge in [-0.1, -0.05) is 24.3 Å². The lowest BCUT2D eigenvalue weighted by Crippen LogP contribution is -2.43. The van der Waals surface area contributed by atoms with E-state index < -0.39 is 46.4 Å². The fraction of sp³-hybridized carbons (Fsp3) is 0.526. The highest BCUT2D eigenvalue weighted by Crippen LogP contribution is 2.15. The summed E-state index contributed by atoms with van der Waals surface area (Å²) in [5.41, 5.74) is -2.02. The van der Waals surface area contributed by atoms with Crippen LogP contribution in [0.4, 0.5) is 9.59 Å². The maximum atomic E-state index is 13.3. The Labute approximate surface area is 302 Å². The summed E-state index contributed by atoms with van der Waals surface area (Å²) in [7, 11) is 3.24. The fourth-order valence-electron chi connectivity index (χ4n) is 6.10. The van der Waals surface area contributed by atoms with Crippen molar-refractivity contribution in [1.82, 2.24) is 28.5 Å². The highest BCUT2D eigenvalue weighted by Gasteiger charge is 2.24. The zero-order chi connectivity index (χ0) is 38.4. The van der Waals surface area contributed by atoms with Crippen LogP contribution in [0.5, 0.6) is 0 Å². The average Bonchev–Trinajstić information content (AvgIpc) is 3.06. The largest absolute Gasteiger partial charge is 0.444 e. The summed E-state index contributed by atoms with van der Waals surface area (Å²) >= 11 is 0. The highest BCUT2D eigenvalue weighted by atomic mass is 16.6. The number of para-hydroxylation sites is 2. The van der Waals surface area contributed by atoms with Crippen LogP contribution >= 0.6 is 0 Å². The molecule has 0 saturated heterocycles. The summed E-state index contributed by atoms with van der Waals surface area (Å²) in [4.78, 5) is 80.2. The van der Waals surface area contributed by atoms with Crippen LogP contribution in [0.15, 0.2) is 67.7 Å². The van der Waals surface area contributed by atoms with E-state index in [4.69, 9.17) is 9.47 Å². The number of aromatic nitrogens is 4. The first-order chi connectivity index (χ1) is 24.4. The van der Waals surface area contributed by atoms with Crippen molar-refractivity contribution in [2.75, 3.05) is 13.1 Å². The summed E-state index contributed by atoms with van der Waals surface area (Å²) in [6.45, 7) is 11.4. The third-order valence-corrected chi connectivity index (χ3v) is 8.63. The van der Waals surface area contributed by atoms with Gasteiger partial charge in [-0.3, -0.25) is 27.9 Å². The molecule has 14 heteroatoms. The Morgan fingerprint density at radius 3 is 1.67 bits per heavy atom. The number of nitrogens with zero attached hydrogens (tertiary/aromatic N) is 5. The Hall–Kier alpha value is -5.14. The number of hydrogen-bond acceptors (Lipinski definition) is 8. The smallest absolute Gasteiger partial charge is 0.410 e. The molecule has 0 bridgehead atoms. The van der Waals surface area contributed by atoms with Gasteiger partial charge in [0.05, 0.1) is 21.8 Å². The lowest BCUT2D eigenvalue weighted by molar-refractivity contribution is 0.0242. The van der Waals surface area contributed by atoms with Gasteiger partial charge in [-0.25, -0.2) is 19.2 Å². The van der Waals surface area contributed by atoms with Gasteiger partial charge in [-0.15, -0.1) is 0 Å². The van der Waals surface area contributed by atoms with Crippen LogP contribution in [-0.4, -0.2) is 65.7 Å². The predicted molar refractivity (Wildman–Crippen MR) is 201 cm³/mol. The summed E-state index contributed by atoms with van der Waals surface area (Å²) < 4.78 is 16.4. The monoisotopic (exact) mass is 720 g/mol. The second-order valence-electron chi connectivity index (χ2n) is 15.1. The molecule has 0 radical (unpaired) electrons. The zero-order valence-corrected chi connectivity index (χ0v) is 31.6. The first kappa shape index (κ1) is 39.6. The number of carbonyl (C=O) groups excluding carboxylic acids is 2. The van der Waals surface area contributed by atoms with Crippen LogP contribution in [-0.2, 0) is 36.7 Å². The lowest BCUT2D eigenvalue weighted by atomic mass is 10.1. The summed E-state index contributed by atoms with van der Waals surface area (Å²) in [5, 5.41) is 3.77. The molecule has 14 nitrogen and oxygen atoms in total. The molecule has 0 spiro atoms. The highest BCUT2D eigenvalue weighted by molar-refractivity contribution is 5.78. The third-order valence-electron chi connectivity index (χ3n) is 8.63. The van der Waals surface area contributed by atoms with Crippen LogP contribution in [0.2, 0.25) is 0 Å². The number of alkyl carbamates (subject to hydrolysis) is 1. The van der Waals surface area contributed by atoms with E-state index in [0.717, 1.165) is 0 Å². The number of amides is 2. The molecular formula is C38H52N6O8. The second kappa shape index (κ2) is 16.5. The molecule has 0 aliphatic carbocycles. The van der Waals surface area contributed by atoms with Crippen molar-refractivity contribution in [3.8, 4) is 0 Å². The normalized spacial score (nSPS) is 12.5. The Morgan fingerprint density at radius 1 is 0.673 bits per heavy atom. The van der Waals surface area contributed by atoms with Gasteiger partial charge in [0, 0.05) is 46.3 Å². The quantitative estimate of drug-likeness (QED) is 0.198. The molecule has 1 unspecified atom stereocenters. The maximum Gasteiger partial charge on any atom is 0.410 e. The number of fused-ring (bicyclic) bond motifs is 2. The molecule has 4 aromatic rings. The number of aryl methyl sites for hydroxylation is 2. The first-order valence-corrected chi connectivity index (χ1v) is 17.7. The van der Waals surface area contributed by atoms with Gasteiger partial charge < -0.3 is 19.7 Å². The summed E-state index contributed by atoms with van der Waals surface area (Å²) in [5.74, 6) is 0. The Balaban J connectivity index is 1.45. The van der Waals surface area contributed by atoms with Gasteiger partial charge in [0.1, 0.15) is 11.2 Å². The number of rotatable bonds is 13. The molecule has 1 atom stereocenters. The lowest BCUT2D eigenvalue weighted by Gasteiger charge is -2.28. The fourth-order valence-corrected chi connectivity index (χ4v) is 6.10. The minimum Gasteiger partial charge on any atom is -0.444 e. The molecule has 0 fully saturated rings. The van der Waals surface area contributed by atoms with Crippen molar-refractivity contribution < 1.29 is 19.1 Å². The van der Waals surface area contributed by atoms with Gasteiger partial charge in [0.25, 0.3) is 11.1 Å². The van der Waals surface area contributed by atoms with Crippen molar-refractivity contribution >= 4 is 34.0 Å². The van der Waals surface area contributed by atoms with Crippen molar-refractivity contribution in [3.05, 3.63) is 90.2 Å². The van der Waals surface area contributed by atoms with Gasteiger partial charge in [0.2, 0.25) is 0 Å². The third kappa shape index (κ3) is 10.0. The molecule has 1 N–H and O–H groups in total. The van der Waals surface area contributed by atoms with Crippen molar-refractivity contribution in [2.24, 2.45) is 14.1 Å². The SMILES string of the molecule is Cn1c(=O)n(CCCN(CCCCC(CCn2c(=O)c3ccccc3n(C)c2=O)NC(=O)OC(C)(C)C)C(=O)OC(C)(C)C)c(=O)c2ccccc21. The van der Waals surface area contributed by atoms with Crippen LogP contribution in [0.1, 0.15) is 73.6 Å². The van der Waals surface area contributed by atoms with Crippen LogP contribution in [0.3, 0.4) is 0 Å². The number of carbonyl (C=O) groups is 2. The van der Waals surface area contributed by atoms with Crippen LogP contribution in [0.25, 0.3) is 21.8 Å². The molecule has 0 aliphatic heterocycles. The number of hydrogen-bond donors (Lipinski definition) is 1. The second-order valence-corrected chi connectivity index (χ2v) is 15.1. The minimum atomic E-state index is -0.735. The van der Waals surface area contributed by atoms with Gasteiger partial charge in [-0.05, 0) is 97.9 Å². The van der Waals surface area contributed by atoms with Gasteiger partial charge in [-0.2, -0.15) is 0 Å². The van der Waals surface area contributed by atoms with E-state index in [9.17, 15) is 28.8 Å². The molecular weight excluding hydrogens is 668 g/mol. The Bertz CT molecular complexity index is 2150. The van der Waals surface area contributed by atoms with E-state index in [-0.39, 0.29) is 31.6 Å². The number of benzene rings is 2. The van der Waals surface area contributed by atoms with Crippen LogP contribution in [0, 0.1) is 0 Å². The van der Waals surface area contributed by atoms with Crippen LogP contribution < -0.4 is 27.8 Å². The molecule has 4 rings (SSSR count). The van der Waals surface area contributed by atoms with Crippen molar-refractivity contribution in [2.45, 2.75) is 104 Å². The number of nitrogens with one attached hydrogen (secondary N) is 1. The molecule has 282 valence electrons. The summed E-state index contributed by atoms with van der Waals surface area (Å²) in [6.07, 6.45) is 1.11. The molecule has 0 saturated carbocycles. The average molecular weight is 721 g/mol. The maximum absolute atomic E-state index is 13.3. The minimum absolute atomic E-state index is 0.0778. The molecule has 2 amide bonds. The first-order valence-electron chi connectivity index (χ1n) is 17.7. The van der Waals surface area contributed by atoms with E-state index in [1.54, 1.807) is 109 Å². The summed E-state index contributed by atoms with van der Waals surface area (Å²) in [6, 6.07) is 13.4. The standard InChI is InChI=1S/C38H52N6O8/c1-37(2,3)51-33(47)39-26(21-25-44-32(46)28-18-10-12-20-30(28)41(8)35(44)49)16-13-14-22-42(36(50)52-38(4,5)6)23-15-24-43-31(45)27-17-9-11-19-29(27)40(7)34(43)48/h9-12,17-20,26H,13-16,21-25H2,1-8H3,(H,39,47). The van der Waals surface area contributed by atoms with E-state index in [1.807, 2.05) is 0 Å². The van der Waals surface area contributed by atoms with E-state index >= 15 is 0 Å². The molecule has 2 aromatic heterocycles. The van der Waals surface area contributed by atoms with E-state index in [2.05, 4.69) is 5.32 Å². The number of unbranched alkanes of at least 4 members (excludes halogenated alkanes) is 1. The van der Waals surface area contributed by atoms with E-state index in [1.165, 1.54) is 18.3 Å². The van der Waals surface area contributed by atoms with Gasteiger partial charge in [0.15, 0.2) is 0 Å². The van der Waals surface area contributed by atoms with Gasteiger partial charge >= 0.3 is 23.6 Å². The Kier molecular flexibility index (Phi) is 12.6. The molecule has 0 aliphatic rings. The van der Waals surface area contributed by atoms with E-state index in [0.29, 0.717) is 54.0 Å².